The fourth-order valence-electron chi connectivity index (χ4n) is 2.97. The molecule has 8 heteroatoms. The molecule has 1 saturated heterocycles. The zero-order chi connectivity index (χ0) is 20.0. The fourth-order valence-corrected chi connectivity index (χ4v) is 3.15. The predicted octanol–water partition coefficient (Wildman–Crippen LogP) is 2.74. The largest absolute Gasteiger partial charge is 0.450 e. The Morgan fingerprint density at radius 3 is 2.52 bits per heavy atom. The van der Waals surface area contributed by atoms with E-state index in [2.05, 4.69) is 5.32 Å². The van der Waals surface area contributed by atoms with E-state index < -0.39 is 0 Å². The van der Waals surface area contributed by atoms with Crippen LogP contribution in [0.15, 0.2) is 18.2 Å². The minimum absolute atomic E-state index is 0.0291. The molecule has 3 amide bonds. The van der Waals surface area contributed by atoms with Gasteiger partial charge in [-0.15, -0.1) is 0 Å². The van der Waals surface area contributed by atoms with Gasteiger partial charge in [-0.1, -0.05) is 17.7 Å². The Kier molecular flexibility index (Phi) is 7.47. The first-order valence-electron chi connectivity index (χ1n) is 9.07. The van der Waals surface area contributed by atoms with Gasteiger partial charge in [0, 0.05) is 36.8 Å². The van der Waals surface area contributed by atoms with E-state index in [1.807, 2.05) is 13.0 Å². The van der Waals surface area contributed by atoms with Gasteiger partial charge in [0.05, 0.1) is 6.61 Å². The Bertz CT molecular complexity index is 702. The van der Waals surface area contributed by atoms with Gasteiger partial charge in [0.1, 0.15) is 6.54 Å². The standard InChI is InChI=1S/C19H26ClN3O4/c1-4-27-19(26)22-9-7-15(8-10-22)21-18(25)12-23(14(3)24)16-6-5-13(2)17(20)11-16/h5-6,11,15H,4,7-10,12H2,1-3H3,(H,21,25). The second-order valence-corrected chi connectivity index (χ2v) is 6.97. The van der Waals surface area contributed by atoms with Crippen LogP contribution in [-0.2, 0) is 14.3 Å². The molecule has 0 aliphatic carbocycles. The number of carbonyl (C=O) groups excluding carboxylic acids is 3. The number of nitrogens with one attached hydrogen (secondary N) is 1. The number of aryl methyl sites for hydroxylation is 1. The van der Waals surface area contributed by atoms with Gasteiger partial charge in [-0.05, 0) is 44.4 Å². The highest BCUT2D eigenvalue weighted by Crippen LogP contribution is 2.23. The summed E-state index contributed by atoms with van der Waals surface area (Å²) in [6.07, 6.45) is 0.989. The molecule has 1 heterocycles. The predicted molar refractivity (Wildman–Crippen MR) is 104 cm³/mol. The summed E-state index contributed by atoms with van der Waals surface area (Å²) in [6, 6.07) is 5.24. The maximum Gasteiger partial charge on any atom is 0.409 e. The molecule has 2 rings (SSSR count). The second kappa shape index (κ2) is 9.60. The quantitative estimate of drug-likeness (QED) is 0.831. The van der Waals surface area contributed by atoms with Gasteiger partial charge in [-0.25, -0.2) is 4.79 Å². The van der Waals surface area contributed by atoms with Crippen molar-refractivity contribution >= 4 is 35.2 Å². The first kappa shape index (κ1) is 21.0. The van der Waals surface area contributed by atoms with Crippen molar-refractivity contribution in [3.63, 3.8) is 0 Å². The molecule has 0 spiro atoms. The number of nitrogens with zero attached hydrogens (tertiary/aromatic N) is 2. The minimum atomic E-state index is -0.318. The molecule has 1 N–H and O–H groups in total. The molecule has 0 atom stereocenters. The molecular formula is C19H26ClN3O4. The maximum atomic E-state index is 12.4. The van der Waals surface area contributed by atoms with E-state index >= 15 is 0 Å². The summed E-state index contributed by atoms with van der Waals surface area (Å²) < 4.78 is 4.99. The molecule has 1 aromatic rings. The molecule has 0 saturated carbocycles. The van der Waals surface area contributed by atoms with Gasteiger partial charge in [0.15, 0.2) is 0 Å². The van der Waals surface area contributed by atoms with Crippen LogP contribution in [0.4, 0.5) is 10.5 Å². The van der Waals surface area contributed by atoms with Crippen LogP contribution < -0.4 is 10.2 Å². The van der Waals surface area contributed by atoms with Crippen molar-refractivity contribution < 1.29 is 19.1 Å². The Morgan fingerprint density at radius 1 is 1.30 bits per heavy atom. The first-order chi connectivity index (χ1) is 12.8. The number of ether oxygens (including phenoxy) is 1. The lowest BCUT2D eigenvalue weighted by Gasteiger charge is -2.32. The lowest BCUT2D eigenvalue weighted by Crippen LogP contribution is -2.49. The number of likely N-dealkylation sites (tertiary alicyclic amines) is 1. The average molecular weight is 396 g/mol. The van der Waals surface area contributed by atoms with Gasteiger partial charge in [0.2, 0.25) is 11.8 Å². The number of hydrogen-bond acceptors (Lipinski definition) is 4. The minimum Gasteiger partial charge on any atom is -0.450 e. The lowest BCUT2D eigenvalue weighted by molar-refractivity contribution is -0.123. The summed E-state index contributed by atoms with van der Waals surface area (Å²) in [5.41, 5.74) is 1.49. The maximum absolute atomic E-state index is 12.4. The Hall–Kier alpha value is -2.28. The zero-order valence-electron chi connectivity index (χ0n) is 16.0. The van der Waals surface area contributed by atoms with Crippen molar-refractivity contribution in [2.24, 2.45) is 0 Å². The van der Waals surface area contributed by atoms with Crippen LogP contribution in [0, 0.1) is 6.92 Å². The Morgan fingerprint density at radius 2 is 1.96 bits per heavy atom. The molecule has 0 unspecified atom stereocenters. The van der Waals surface area contributed by atoms with Crippen molar-refractivity contribution in [1.29, 1.82) is 0 Å². The van der Waals surface area contributed by atoms with Crippen LogP contribution in [0.25, 0.3) is 0 Å². The molecule has 1 aliphatic rings. The lowest BCUT2D eigenvalue weighted by atomic mass is 10.1. The highest BCUT2D eigenvalue weighted by Gasteiger charge is 2.25. The van der Waals surface area contributed by atoms with E-state index in [1.54, 1.807) is 24.0 Å². The van der Waals surface area contributed by atoms with E-state index in [9.17, 15) is 14.4 Å². The average Bonchev–Trinajstić information content (AvgIpc) is 2.62. The molecule has 7 nitrogen and oxygen atoms in total. The van der Waals surface area contributed by atoms with Gasteiger partial charge < -0.3 is 19.9 Å². The number of halogens is 1. The van der Waals surface area contributed by atoms with Crippen LogP contribution in [0.2, 0.25) is 5.02 Å². The van der Waals surface area contributed by atoms with Crippen molar-refractivity contribution in [3.05, 3.63) is 28.8 Å². The van der Waals surface area contributed by atoms with Crippen molar-refractivity contribution in [1.82, 2.24) is 10.2 Å². The third-order valence-corrected chi connectivity index (χ3v) is 4.94. The normalized spacial score (nSPS) is 14.6. The van der Waals surface area contributed by atoms with Crippen LogP contribution in [0.5, 0.6) is 0 Å². The van der Waals surface area contributed by atoms with Crippen molar-refractivity contribution in [3.8, 4) is 0 Å². The molecule has 1 aliphatic heterocycles. The monoisotopic (exact) mass is 395 g/mol. The summed E-state index contributed by atoms with van der Waals surface area (Å²) in [4.78, 5) is 39.2. The van der Waals surface area contributed by atoms with E-state index in [-0.39, 0.29) is 30.5 Å². The van der Waals surface area contributed by atoms with E-state index in [0.29, 0.717) is 43.2 Å². The van der Waals surface area contributed by atoms with Crippen LogP contribution in [0.1, 0.15) is 32.3 Å². The van der Waals surface area contributed by atoms with Gasteiger partial charge in [0.25, 0.3) is 0 Å². The molecule has 0 aromatic heterocycles. The van der Waals surface area contributed by atoms with Crippen molar-refractivity contribution in [2.45, 2.75) is 39.7 Å². The fraction of sp³-hybridized carbons (Fsp3) is 0.526. The summed E-state index contributed by atoms with van der Waals surface area (Å²) in [6.45, 7) is 6.40. The first-order valence-corrected chi connectivity index (χ1v) is 9.45. The number of rotatable bonds is 5. The third-order valence-electron chi connectivity index (χ3n) is 4.54. The highest BCUT2D eigenvalue weighted by atomic mass is 35.5. The molecule has 27 heavy (non-hydrogen) atoms. The molecule has 0 radical (unpaired) electrons. The second-order valence-electron chi connectivity index (χ2n) is 6.57. The van der Waals surface area contributed by atoms with Crippen LogP contribution in [0.3, 0.4) is 0 Å². The number of piperidine rings is 1. The molecule has 148 valence electrons. The number of benzene rings is 1. The van der Waals surface area contributed by atoms with E-state index in [0.717, 1.165) is 5.56 Å². The summed E-state index contributed by atoms with van der Waals surface area (Å²) in [5.74, 6) is -0.473. The van der Waals surface area contributed by atoms with Gasteiger partial charge in [-0.2, -0.15) is 0 Å². The molecule has 1 aromatic carbocycles. The SMILES string of the molecule is CCOC(=O)N1CCC(NC(=O)CN(C(C)=O)c2ccc(C)c(Cl)c2)CC1. The van der Waals surface area contributed by atoms with Gasteiger partial charge >= 0.3 is 6.09 Å². The van der Waals surface area contributed by atoms with E-state index in [1.165, 1.54) is 11.8 Å². The smallest absolute Gasteiger partial charge is 0.409 e. The third kappa shape index (κ3) is 5.85. The Balaban J connectivity index is 1.90. The number of carbonyl (C=O) groups is 3. The zero-order valence-corrected chi connectivity index (χ0v) is 16.7. The molecule has 0 bridgehead atoms. The highest BCUT2D eigenvalue weighted by molar-refractivity contribution is 6.31. The van der Waals surface area contributed by atoms with Crippen molar-refractivity contribution in [2.75, 3.05) is 31.1 Å². The topological polar surface area (TPSA) is 79.0 Å². The molecular weight excluding hydrogens is 370 g/mol. The van der Waals surface area contributed by atoms with Crippen LogP contribution in [-0.4, -0.2) is 55.1 Å². The summed E-state index contributed by atoms with van der Waals surface area (Å²) in [7, 11) is 0. The van der Waals surface area contributed by atoms with Crippen LogP contribution >= 0.6 is 11.6 Å². The number of anilines is 1. The number of hydrogen-bond donors (Lipinski definition) is 1. The summed E-state index contributed by atoms with van der Waals surface area (Å²) >= 11 is 6.14. The Labute approximate surface area is 164 Å². The summed E-state index contributed by atoms with van der Waals surface area (Å²) in [5, 5.41) is 3.49. The van der Waals surface area contributed by atoms with E-state index in [4.69, 9.17) is 16.3 Å². The van der Waals surface area contributed by atoms with Gasteiger partial charge in [-0.3, -0.25) is 9.59 Å². The molecule has 1 fully saturated rings. The number of amides is 3.